The van der Waals surface area contributed by atoms with Crippen LogP contribution in [0.4, 0.5) is 5.95 Å². The fourth-order valence-corrected chi connectivity index (χ4v) is 4.68. The van der Waals surface area contributed by atoms with E-state index >= 15 is 0 Å². The molecule has 11 heteroatoms. The second kappa shape index (κ2) is 12.3. The first-order valence-electron chi connectivity index (χ1n) is 10.6. The van der Waals surface area contributed by atoms with E-state index in [1.54, 1.807) is 36.0 Å². The van der Waals surface area contributed by atoms with Crippen molar-refractivity contribution in [3.05, 3.63) is 75.8 Å². The van der Waals surface area contributed by atoms with Gasteiger partial charge in [0.05, 0.1) is 5.03 Å². The molecule has 1 aromatic carbocycles. The number of aromatic nitrogens is 2. The lowest BCUT2D eigenvalue weighted by Crippen LogP contribution is -2.44. The van der Waals surface area contributed by atoms with Crippen LogP contribution in [0.1, 0.15) is 27.3 Å². The number of hydrogen-bond acceptors (Lipinski definition) is 10. The van der Waals surface area contributed by atoms with Gasteiger partial charge in [-0.3, -0.25) is 4.79 Å². The first kappa shape index (κ1) is 25.4. The SMILES string of the molecule is CSCc1ccccc1C(=O)N/C(N)=C/C=C(\N)SN1CCN(c2nc(C)cc(C#N)n2)CC1. The molecule has 0 bridgehead atoms. The minimum atomic E-state index is -0.243. The van der Waals surface area contributed by atoms with Gasteiger partial charge in [-0.1, -0.05) is 18.2 Å². The van der Waals surface area contributed by atoms with Crippen molar-refractivity contribution in [1.82, 2.24) is 19.6 Å². The molecular formula is C23H28N8OS2. The zero-order valence-corrected chi connectivity index (χ0v) is 20.8. The molecule has 0 atom stereocenters. The summed E-state index contributed by atoms with van der Waals surface area (Å²) in [6.45, 7) is 4.80. The molecule has 1 aliphatic heterocycles. The summed E-state index contributed by atoms with van der Waals surface area (Å²) in [6, 6.07) is 11.2. The Morgan fingerprint density at radius 3 is 2.65 bits per heavy atom. The number of rotatable bonds is 8. The van der Waals surface area contributed by atoms with E-state index in [4.69, 9.17) is 16.7 Å². The molecule has 1 amide bonds. The van der Waals surface area contributed by atoms with Crippen LogP contribution in [0.15, 0.2) is 53.3 Å². The Labute approximate surface area is 208 Å². The molecule has 0 unspecified atom stereocenters. The van der Waals surface area contributed by atoms with E-state index in [-0.39, 0.29) is 11.7 Å². The number of hydrogen-bond donors (Lipinski definition) is 3. The Kier molecular flexibility index (Phi) is 9.21. The number of nitrogens with one attached hydrogen (secondary N) is 1. The number of nitrogens with two attached hydrogens (primary N) is 2. The molecule has 2 heterocycles. The normalized spacial score (nSPS) is 15.1. The van der Waals surface area contributed by atoms with Gasteiger partial charge in [0.25, 0.3) is 5.91 Å². The van der Waals surface area contributed by atoms with Crippen LogP contribution in [-0.2, 0) is 5.75 Å². The maximum atomic E-state index is 12.6. The van der Waals surface area contributed by atoms with Crippen LogP contribution < -0.4 is 21.7 Å². The number of aryl methyl sites for hydroxylation is 1. The fraction of sp³-hybridized carbons (Fsp3) is 0.304. The van der Waals surface area contributed by atoms with Gasteiger partial charge in [0.1, 0.15) is 17.6 Å². The summed E-state index contributed by atoms with van der Waals surface area (Å²) >= 11 is 3.09. The molecule has 5 N–H and O–H groups in total. The number of carbonyl (C=O) groups excluding carboxylic acids is 1. The van der Waals surface area contributed by atoms with Gasteiger partial charge >= 0.3 is 0 Å². The van der Waals surface area contributed by atoms with E-state index in [0.717, 1.165) is 43.2 Å². The summed E-state index contributed by atoms with van der Waals surface area (Å²) in [5.74, 6) is 1.31. The van der Waals surface area contributed by atoms with Gasteiger partial charge in [-0.05, 0) is 55.0 Å². The van der Waals surface area contributed by atoms with Gasteiger partial charge in [-0.15, -0.1) is 0 Å². The Morgan fingerprint density at radius 1 is 1.21 bits per heavy atom. The second-order valence-electron chi connectivity index (χ2n) is 7.55. The predicted octanol–water partition coefficient (Wildman–Crippen LogP) is 2.32. The lowest BCUT2D eigenvalue weighted by Gasteiger charge is -2.33. The predicted molar refractivity (Wildman–Crippen MR) is 139 cm³/mol. The average molecular weight is 497 g/mol. The molecule has 0 spiro atoms. The van der Waals surface area contributed by atoms with Gasteiger partial charge in [0, 0.05) is 43.2 Å². The first-order valence-corrected chi connectivity index (χ1v) is 12.8. The number of allylic oxidation sites excluding steroid dienone is 2. The Hall–Kier alpha value is -3.20. The van der Waals surface area contributed by atoms with Crippen LogP contribution in [-0.4, -0.2) is 52.6 Å². The minimum absolute atomic E-state index is 0.224. The maximum absolute atomic E-state index is 12.6. The van der Waals surface area contributed by atoms with E-state index in [0.29, 0.717) is 22.2 Å². The van der Waals surface area contributed by atoms with Gasteiger partial charge in [-0.2, -0.15) is 17.0 Å². The molecule has 0 radical (unpaired) electrons. The van der Waals surface area contributed by atoms with Gasteiger partial charge in [-0.25, -0.2) is 14.3 Å². The monoisotopic (exact) mass is 496 g/mol. The lowest BCUT2D eigenvalue weighted by molar-refractivity contribution is 0.0964. The summed E-state index contributed by atoms with van der Waals surface area (Å²) in [4.78, 5) is 23.4. The number of anilines is 1. The van der Waals surface area contributed by atoms with Crippen LogP contribution in [0.5, 0.6) is 0 Å². The summed E-state index contributed by atoms with van der Waals surface area (Å²) < 4.78 is 2.14. The second-order valence-corrected chi connectivity index (χ2v) is 9.59. The van der Waals surface area contributed by atoms with Crippen LogP contribution >= 0.6 is 23.7 Å². The molecular weight excluding hydrogens is 468 g/mol. The highest BCUT2D eigenvalue weighted by Crippen LogP contribution is 2.21. The van der Waals surface area contributed by atoms with Crippen LogP contribution in [0.25, 0.3) is 0 Å². The molecule has 1 aliphatic rings. The molecule has 0 saturated carbocycles. The maximum Gasteiger partial charge on any atom is 0.257 e. The highest BCUT2D eigenvalue weighted by molar-refractivity contribution is 8.00. The molecule has 1 saturated heterocycles. The van der Waals surface area contributed by atoms with E-state index in [2.05, 4.69) is 30.6 Å². The molecule has 34 heavy (non-hydrogen) atoms. The summed E-state index contributed by atoms with van der Waals surface area (Å²) in [5, 5.41) is 12.4. The quantitative estimate of drug-likeness (QED) is 0.369. The molecule has 2 aromatic rings. The van der Waals surface area contributed by atoms with Crippen molar-refractivity contribution in [3.63, 3.8) is 0 Å². The number of nitrogens with zero attached hydrogens (tertiary/aromatic N) is 5. The van der Waals surface area contributed by atoms with Gasteiger partial charge < -0.3 is 21.7 Å². The molecule has 0 aliphatic carbocycles. The van der Waals surface area contributed by atoms with Crippen molar-refractivity contribution >= 4 is 35.6 Å². The third-order valence-corrected chi connectivity index (χ3v) is 6.53. The minimum Gasteiger partial charge on any atom is -0.393 e. The standard InChI is InChI=1S/C23H28N8OS2/c1-16-13-18(14-24)28-23(27-16)30-9-11-31(12-10-30)34-21(26)8-7-20(25)29-22(32)19-6-4-3-5-17(19)15-33-2/h3-8,13H,9-12,15,25-26H2,1-2H3,(H,29,32)/b20-7+,21-8+. The number of amides is 1. The molecule has 1 aromatic heterocycles. The Bertz CT molecular complexity index is 1120. The topological polar surface area (TPSA) is 137 Å². The molecule has 178 valence electrons. The lowest BCUT2D eigenvalue weighted by atomic mass is 10.1. The van der Waals surface area contributed by atoms with Crippen molar-refractivity contribution in [1.29, 1.82) is 5.26 Å². The fourth-order valence-electron chi connectivity index (χ4n) is 3.35. The summed E-state index contributed by atoms with van der Waals surface area (Å²) in [7, 11) is 0. The summed E-state index contributed by atoms with van der Waals surface area (Å²) in [5.41, 5.74) is 14.9. The van der Waals surface area contributed by atoms with E-state index in [1.807, 2.05) is 31.4 Å². The zero-order chi connectivity index (χ0) is 24.5. The van der Waals surface area contributed by atoms with E-state index < -0.39 is 0 Å². The van der Waals surface area contributed by atoms with E-state index in [9.17, 15) is 4.79 Å². The Morgan fingerprint density at radius 2 is 1.94 bits per heavy atom. The number of carbonyl (C=O) groups is 1. The summed E-state index contributed by atoms with van der Waals surface area (Å²) in [6.07, 6.45) is 5.27. The highest BCUT2D eigenvalue weighted by Gasteiger charge is 2.20. The van der Waals surface area contributed by atoms with Crippen molar-refractivity contribution in [2.24, 2.45) is 11.5 Å². The first-order chi connectivity index (χ1) is 16.4. The van der Waals surface area contributed by atoms with Crippen LogP contribution in [0, 0.1) is 18.3 Å². The van der Waals surface area contributed by atoms with Gasteiger partial charge in [0.15, 0.2) is 0 Å². The number of piperazine rings is 1. The number of thioether (sulfide) groups is 1. The highest BCUT2D eigenvalue weighted by atomic mass is 32.2. The molecule has 3 rings (SSSR count). The average Bonchev–Trinajstić information content (AvgIpc) is 2.83. The smallest absolute Gasteiger partial charge is 0.257 e. The van der Waals surface area contributed by atoms with Crippen molar-refractivity contribution in [2.45, 2.75) is 12.7 Å². The van der Waals surface area contributed by atoms with E-state index in [1.165, 1.54) is 11.9 Å². The van der Waals surface area contributed by atoms with Crippen LogP contribution in [0.3, 0.4) is 0 Å². The Balaban J connectivity index is 1.52. The molecule has 9 nitrogen and oxygen atoms in total. The zero-order valence-electron chi connectivity index (χ0n) is 19.2. The van der Waals surface area contributed by atoms with Crippen molar-refractivity contribution in [3.8, 4) is 6.07 Å². The van der Waals surface area contributed by atoms with Crippen molar-refractivity contribution < 1.29 is 4.79 Å². The third-order valence-electron chi connectivity index (χ3n) is 4.96. The van der Waals surface area contributed by atoms with Gasteiger partial charge in [0.2, 0.25) is 5.95 Å². The number of nitriles is 1. The third kappa shape index (κ3) is 7.15. The largest absolute Gasteiger partial charge is 0.393 e. The van der Waals surface area contributed by atoms with Crippen LogP contribution in [0.2, 0.25) is 0 Å². The number of benzene rings is 1. The molecule has 1 fully saturated rings. The van der Waals surface area contributed by atoms with Crippen molar-refractivity contribution in [2.75, 3.05) is 37.3 Å².